The van der Waals surface area contributed by atoms with Crippen molar-refractivity contribution < 1.29 is 4.79 Å². The van der Waals surface area contributed by atoms with Crippen LogP contribution in [0.3, 0.4) is 0 Å². The number of hydrogen-bond donors (Lipinski definition) is 0. The van der Waals surface area contributed by atoms with Gasteiger partial charge in [0.25, 0.3) is 5.24 Å². The van der Waals surface area contributed by atoms with Crippen LogP contribution in [0.15, 0.2) is 12.3 Å². The van der Waals surface area contributed by atoms with E-state index in [1.165, 1.54) is 12.3 Å². The second-order valence-corrected chi connectivity index (χ2v) is 2.86. The van der Waals surface area contributed by atoms with Crippen LogP contribution < -0.4 is 0 Å². The molecule has 0 amide bonds. The highest BCUT2D eigenvalue weighted by Crippen LogP contribution is 2.24. The highest BCUT2D eigenvalue weighted by atomic mass is 35.5. The summed E-state index contributed by atoms with van der Waals surface area (Å²) in [6.45, 7) is 0. The van der Waals surface area contributed by atoms with Gasteiger partial charge in [0.05, 0.1) is 10.0 Å². The lowest BCUT2D eigenvalue weighted by Gasteiger charge is -1.97. The smallest absolute Gasteiger partial charge is 0.272 e. The molecule has 0 radical (unpaired) electrons. The van der Waals surface area contributed by atoms with Gasteiger partial charge in [-0.05, 0) is 17.7 Å². The minimum atomic E-state index is -0.711. The van der Waals surface area contributed by atoms with Crippen molar-refractivity contribution in [2.75, 3.05) is 0 Å². The summed E-state index contributed by atoms with van der Waals surface area (Å²) >= 11 is 16.3. The second-order valence-electron chi connectivity index (χ2n) is 1.73. The van der Waals surface area contributed by atoms with Gasteiger partial charge < -0.3 is 0 Å². The van der Waals surface area contributed by atoms with Crippen molar-refractivity contribution in [3.05, 3.63) is 28.0 Å². The molecule has 0 aliphatic carbocycles. The maximum atomic E-state index is 10.6. The number of halogens is 3. The molecule has 58 valence electrons. The highest BCUT2D eigenvalue weighted by molar-refractivity contribution is 6.68. The zero-order valence-corrected chi connectivity index (χ0v) is 7.41. The molecule has 0 N–H and O–H groups in total. The summed E-state index contributed by atoms with van der Waals surface area (Å²) in [4.78, 5) is 14.2. The van der Waals surface area contributed by atoms with Gasteiger partial charge in [0.15, 0.2) is 0 Å². The van der Waals surface area contributed by atoms with Gasteiger partial charge in [-0.1, -0.05) is 23.2 Å². The normalized spacial score (nSPS) is 9.73. The molecule has 1 aromatic rings. The average Bonchev–Trinajstić information content (AvgIpc) is 1.94. The molecular formula is C6H2Cl3NO. The van der Waals surface area contributed by atoms with Crippen LogP contribution in [0.1, 0.15) is 10.5 Å². The predicted octanol–water partition coefficient (Wildman–Crippen LogP) is 2.77. The first kappa shape index (κ1) is 8.78. The molecular weight excluding hydrogens is 208 g/mol. The van der Waals surface area contributed by atoms with Crippen LogP contribution in [-0.2, 0) is 0 Å². The molecule has 1 rings (SSSR count). The fourth-order valence-electron chi connectivity index (χ4n) is 0.557. The van der Waals surface area contributed by atoms with E-state index in [4.69, 9.17) is 34.8 Å². The van der Waals surface area contributed by atoms with Crippen molar-refractivity contribution in [2.24, 2.45) is 0 Å². The number of carbonyl (C=O) groups is 1. The van der Waals surface area contributed by atoms with Crippen molar-refractivity contribution in [2.45, 2.75) is 0 Å². The van der Waals surface area contributed by atoms with Gasteiger partial charge in [0, 0.05) is 6.20 Å². The predicted molar refractivity (Wildman–Crippen MR) is 44.4 cm³/mol. The summed E-state index contributed by atoms with van der Waals surface area (Å²) < 4.78 is 0. The van der Waals surface area contributed by atoms with Crippen molar-refractivity contribution in [3.63, 3.8) is 0 Å². The summed E-state index contributed by atoms with van der Waals surface area (Å²) in [7, 11) is 0. The number of hydrogen-bond acceptors (Lipinski definition) is 2. The van der Waals surface area contributed by atoms with Gasteiger partial charge in [-0.3, -0.25) is 9.78 Å². The summed E-state index contributed by atoms with van der Waals surface area (Å²) in [5, 5.41) is -0.350. The lowest BCUT2D eigenvalue weighted by Crippen LogP contribution is -1.94. The topological polar surface area (TPSA) is 30.0 Å². The number of pyridine rings is 1. The first-order valence-electron chi connectivity index (χ1n) is 2.62. The van der Waals surface area contributed by atoms with E-state index in [2.05, 4.69) is 4.98 Å². The fourth-order valence-corrected chi connectivity index (χ4v) is 1.09. The maximum absolute atomic E-state index is 10.6. The van der Waals surface area contributed by atoms with E-state index in [0.717, 1.165) is 0 Å². The molecule has 0 atom stereocenters. The van der Waals surface area contributed by atoms with E-state index < -0.39 is 5.24 Å². The molecule has 0 saturated heterocycles. The number of carbonyl (C=O) groups excluding carboxylic acids is 1. The van der Waals surface area contributed by atoms with Crippen LogP contribution in [0.25, 0.3) is 0 Å². The van der Waals surface area contributed by atoms with Crippen molar-refractivity contribution in [3.8, 4) is 0 Å². The Kier molecular flexibility index (Phi) is 2.71. The SMILES string of the molecule is O=C(Cl)c1nccc(Cl)c1Cl. The van der Waals surface area contributed by atoms with Gasteiger partial charge in [-0.2, -0.15) is 0 Å². The third-order valence-corrected chi connectivity index (χ3v) is 2.00. The number of nitrogens with zero attached hydrogens (tertiary/aromatic N) is 1. The average molecular weight is 210 g/mol. The maximum Gasteiger partial charge on any atom is 0.272 e. The van der Waals surface area contributed by atoms with Crippen molar-refractivity contribution >= 4 is 40.0 Å². The monoisotopic (exact) mass is 209 g/mol. The van der Waals surface area contributed by atoms with Crippen LogP contribution in [-0.4, -0.2) is 10.2 Å². The van der Waals surface area contributed by atoms with Crippen LogP contribution in [0, 0.1) is 0 Å². The number of aromatic nitrogens is 1. The molecule has 5 heteroatoms. The minimum Gasteiger partial charge on any atom is -0.274 e. The Morgan fingerprint density at radius 2 is 2.09 bits per heavy atom. The molecule has 2 nitrogen and oxygen atoms in total. The van der Waals surface area contributed by atoms with E-state index in [1.54, 1.807) is 0 Å². The van der Waals surface area contributed by atoms with E-state index >= 15 is 0 Å². The Balaban J connectivity index is 3.27. The number of rotatable bonds is 1. The zero-order valence-electron chi connectivity index (χ0n) is 5.14. The first-order chi connectivity index (χ1) is 5.13. The largest absolute Gasteiger partial charge is 0.274 e. The molecule has 1 aromatic heterocycles. The molecule has 0 fully saturated rings. The minimum absolute atomic E-state index is 0.0131. The Bertz CT molecular complexity index is 300. The van der Waals surface area contributed by atoms with Gasteiger partial charge in [-0.15, -0.1) is 0 Å². The third-order valence-electron chi connectivity index (χ3n) is 1.03. The highest BCUT2D eigenvalue weighted by Gasteiger charge is 2.10. The van der Waals surface area contributed by atoms with Crippen molar-refractivity contribution in [1.82, 2.24) is 4.98 Å². The standard InChI is InChI=1S/C6H2Cl3NO/c7-3-1-2-10-5(4(3)8)6(9)11/h1-2H. The fraction of sp³-hybridized carbons (Fsp3) is 0. The van der Waals surface area contributed by atoms with Gasteiger partial charge >= 0.3 is 0 Å². The summed E-state index contributed by atoms with van der Waals surface area (Å²) in [5.41, 5.74) is -0.0131. The Labute approximate surface area is 78.1 Å². The summed E-state index contributed by atoms with van der Waals surface area (Å²) in [5.74, 6) is 0. The van der Waals surface area contributed by atoms with E-state index in [0.29, 0.717) is 0 Å². The van der Waals surface area contributed by atoms with E-state index in [9.17, 15) is 4.79 Å². The molecule has 0 saturated carbocycles. The van der Waals surface area contributed by atoms with Crippen LogP contribution in [0.5, 0.6) is 0 Å². The molecule has 0 aliphatic heterocycles. The molecule has 1 heterocycles. The summed E-state index contributed by atoms with van der Waals surface area (Å²) in [6, 6.07) is 1.48. The molecule has 11 heavy (non-hydrogen) atoms. The van der Waals surface area contributed by atoms with Crippen LogP contribution in [0.4, 0.5) is 0 Å². The van der Waals surface area contributed by atoms with Crippen LogP contribution in [0.2, 0.25) is 10.0 Å². The first-order valence-corrected chi connectivity index (χ1v) is 3.76. The van der Waals surface area contributed by atoms with E-state index in [-0.39, 0.29) is 15.7 Å². The Hall–Kier alpha value is -0.310. The quantitative estimate of drug-likeness (QED) is 0.667. The van der Waals surface area contributed by atoms with Gasteiger partial charge in [0.1, 0.15) is 5.69 Å². The van der Waals surface area contributed by atoms with Crippen molar-refractivity contribution in [1.29, 1.82) is 0 Å². The lowest BCUT2D eigenvalue weighted by molar-refractivity contribution is 0.107. The molecule has 0 spiro atoms. The molecule has 0 unspecified atom stereocenters. The molecule has 0 aromatic carbocycles. The third kappa shape index (κ3) is 1.83. The molecule has 0 bridgehead atoms. The Morgan fingerprint density at radius 3 is 2.55 bits per heavy atom. The van der Waals surface area contributed by atoms with Crippen LogP contribution >= 0.6 is 34.8 Å². The van der Waals surface area contributed by atoms with E-state index in [1.807, 2.05) is 0 Å². The second kappa shape index (κ2) is 3.39. The van der Waals surface area contributed by atoms with Gasteiger partial charge in [0.2, 0.25) is 0 Å². The van der Waals surface area contributed by atoms with Gasteiger partial charge in [-0.25, -0.2) is 0 Å². The zero-order chi connectivity index (χ0) is 8.43. The molecule has 0 aliphatic rings. The lowest BCUT2D eigenvalue weighted by atomic mass is 10.4. The Morgan fingerprint density at radius 1 is 1.45 bits per heavy atom. The summed E-state index contributed by atoms with van der Waals surface area (Å²) in [6.07, 6.45) is 1.36.